The molecular weight excluding hydrogens is 564 g/mol. The molecule has 0 fully saturated rings. The topological polar surface area (TPSA) is 116 Å². The van der Waals surface area contributed by atoms with Crippen LogP contribution in [-0.2, 0) is 24.4 Å². The van der Waals surface area contributed by atoms with E-state index in [2.05, 4.69) is 26.2 Å². The van der Waals surface area contributed by atoms with E-state index in [1.54, 1.807) is 66.9 Å². The minimum atomic E-state index is -1.02. The highest BCUT2D eigenvalue weighted by molar-refractivity contribution is 9.10. The van der Waals surface area contributed by atoms with E-state index < -0.39 is 12.1 Å². The molecule has 2 aromatic heterocycles. The van der Waals surface area contributed by atoms with Gasteiger partial charge < -0.3 is 14.4 Å². The number of esters is 1. The number of aliphatic hydroxyl groups excluding tert-OH is 1. The molecule has 1 atom stereocenters. The highest BCUT2D eigenvalue weighted by Crippen LogP contribution is 2.39. The van der Waals surface area contributed by atoms with Crippen molar-refractivity contribution in [2.75, 3.05) is 0 Å². The first-order valence-corrected chi connectivity index (χ1v) is 13.0. The summed E-state index contributed by atoms with van der Waals surface area (Å²) in [6, 6.07) is 21.0. The minimum Gasteiger partial charge on any atom is -0.455 e. The Balaban J connectivity index is 1.22. The first kappa shape index (κ1) is 24.9. The van der Waals surface area contributed by atoms with Gasteiger partial charge in [-0.2, -0.15) is 0 Å². The third-order valence-corrected chi connectivity index (χ3v) is 7.17. The van der Waals surface area contributed by atoms with Crippen molar-refractivity contribution < 1.29 is 19.4 Å². The van der Waals surface area contributed by atoms with Gasteiger partial charge in [0.25, 0.3) is 5.56 Å². The average Bonchev–Trinajstić information content (AvgIpc) is 3.52. The number of nitrogens with zero attached hydrogens (tertiary/aromatic N) is 4. The third-order valence-electron chi connectivity index (χ3n) is 6.64. The van der Waals surface area contributed by atoms with Crippen molar-refractivity contribution in [3.63, 3.8) is 0 Å². The number of hydrogen-bond donors (Lipinski definition) is 1. The Labute approximate surface area is 230 Å². The molecule has 2 heterocycles. The summed E-state index contributed by atoms with van der Waals surface area (Å²) in [5.74, 6) is -0.630. The van der Waals surface area contributed by atoms with E-state index >= 15 is 0 Å². The molecule has 0 aliphatic heterocycles. The number of aliphatic hydroxyl groups is 1. The fourth-order valence-corrected chi connectivity index (χ4v) is 5.15. The van der Waals surface area contributed by atoms with Crippen molar-refractivity contribution in [2.24, 2.45) is 0 Å². The van der Waals surface area contributed by atoms with Crippen molar-refractivity contribution >= 4 is 38.5 Å². The summed E-state index contributed by atoms with van der Waals surface area (Å²) in [7, 11) is 0. The Kier molecular flexibility index (Phi) is 6.41. The van der Waals surface area contributed by atoms with Crippen LogP contribution in [0.3, 0.4) is 0 Å². The van der Waals surface area contributed by atoms with E-state index in [0.29, 0.717) is 44.4 Å². The zero-order valence-corrected chi connectivity index (χ0v) is 22.0. The van der Waals surface area contributed by atoms with Gasteiger partial charge in [-0.25, -0.2) is 9.48 Å². The Morgan fingerprint density at radius 3 is 2.38 bits per heavy atom. The monoisotopic (exact) mass is 584 g/mol. The molecule has 0 bridgehead atoms. The molecule has 5 aromatic rings. The zero-order valence-electron chi connectivity index (χ0n) is 20.5. The second kappa shape index (κ2) is 10.0. The second-order valence-electron chi connectivity index (χ2n) is 9.23. The van der Waals surface area contributed by atoms with Crippen LogP contribution >= 0.6 is 15.9 Å². The molecule has 0 spiro atoms. The quantitative estimate of drug-likeness (QED) is 0.282. The Morgan fingerprint density at radius 2 is 1.62 bits per heavy atom. The maximum atomic E-state index is 13.5. The molecule has 6 rings (SSSR count). The van der Waals surface area contributed by atoms with Crippen LogP contribution in [0.5, 0.6) is 0 Å². The van der Waals surface area contributed by atoms with Crippen molar-refractivity contribution in [1.29, 1.82) is 0 Å². The van der Waals surface area contributed by atoms with Gasteiger partial charge in [-0.05, 0) is 30.3 Å². The van der Waals surface area contributed by atoms with Gasteiger partial charge in [-0.3, -0.25) is 9.59 Å². The smallest absolute Gasteiger partial charge is 0.338 e. The predicted octanol–water partition coefficient (Wildman–Crippen LogP) is 3.99. The number of fused-ring (bicyclic) bond motifs is 5. The maximum Gasteiger partial charge on any atom is 0.338 e. The average molecular weight is 585 g/mol. The molecule has 1 N–H and O–H groups in total. The number of ketones is 1. The van der Waals surface area contributed by atoms with Gasteiger partial charge in [-0.1, -0.05) is 63.6 Å². The standard InChI is InChI=1S/C29H21BrN4O5/c30-18-11-9-17(10-12-18)29(38)39-16-19-13-33(32-31-19)14-20(35)15-34-26-22-6-2-3-7-23(22)27(36)25(26)21-5-1-4-8-24(21)28(34)37/h1-13,20,35H,14-16H2. The fraction of sp³-hybridized carbons (Fsp3) is 0.138. The molecule has 0 radical (unpaired) electrons. The number of pyridine rings is 1. The van der Waals surface area contributed by atoms with E-state index in [-0.39, 0.29) is 31.0 Å². The summed E-state index contributed by atoms with van der Waals surface area (Å²) in [4.78, 5) is 39.1. The lowest BCUT2D eigenvalue weighted by Crippen LogP contribution is -2.31. The zero-order chi connectivity index (χ0) is 27.1. The van der Waals surface area contributed by atoms with Gasteiger partial charge in [0.15, 0.2) is 5.78 Å². The SMILES string of the molecule is O=C(OCc1cn(CC(O)Cn2c3c(c4ccccc4c2=O)C(=O)c2ccccc2-3)nn1)c1ccc(Br)cc1. The largest absolute Gasteiger partial charge is 0.455 e. The summed E-state index contributed by atoms with van der Waals surface area (Å²) in [5, 5.41) is 20.0. The Bertz CT molecular complexity index is 1810. The first-order valence-electron chi connectivity index (χ1n) is 12.2. The van der Waals surface area contributed by atoms with Crippen LogP contribution in [0.15, 0.2) is 88.3 Å². The number of rotatable bonds is 7. The molecule has 0 amide bonds. The number of carbonyl (C=O) groups is 2. The molecule has 3 aromatic carbocycles. The van der Waals surface area contributed by atoms with Crippen LogP contribution in [0.2, 0.25) is 0 Å². The molecule has 39 heavy (non-hydrogen) atoms. The molecular formula is C29H21BrN4O5. The van der Waals surface area contributed by atoms with Gasteiger partial charge in [-0.15, -0.1) is 5.10 Å². The molecule has 194 valence electrons. The fourth-order valence-electron chi connectivity index (χ4n) is 4.89. The maximum absolute atomic E-state index is 13.5. The lowest BCUT2D eigenvalue weighted by Gasteiger charge is -2.18. The molecule has 0 saturated carbocycles. The van der Waals surface area contributed by atoms with E-state index in [1.165, 1.54) is 9.25 Å². The molecule has 1 aliphatic rings. The van der Waals surface area contributed by atoms with Gasteiger partial charge in [0.05, 0.1) is 42.2 Å². The summed E-state index contributed by atoms with van der Waals surface area (Å²) >= 11 is 3.32. The Morgan fingerprint density at radius 1 is 0.923 bits per heavy atom. The summed E-state index contributed by atoms with van der Waals surface area (Å²) in [5.41, 5.74) is 2.72. The van der Waals surface area contributed by atoms with E-state index in [1.807, 2.05) is 12.1 Å². The summed E-state index contributed by atoms with van der Waals surface area (Å²) < 4.78 is 9.07. The second-order valence-corrected chi connectivity index (χ2v) is 10.1. The molecule has 10 heteroatoms. The number of carbonyl (C=O) groups excluding carboxylic acids is 2. The molecule has 1 unspecified atom stereocenters. The lowest BCUT2D eigenvalue weighted by molar-refractivity contribution is 0.0467. The normalized spacial score (nSPS) is 12.8. The van der Waals surface area contributed by atoms with E-state index in [4.69, 9.17) is 4.74 Å². The number of aromatic nitrogens is 4. The summed E-state index contributed by atoms with van der Waals surface area (Å²) in [6.07, 6.45) is 0.556. The van der Waals surface area contributed by atoms with Crippen molar-refractivity contribution in [3.8, 4) is 11.3 Å². The van der Waals surface area contributed by atoms with Crippen molar-refractivity contribution in [2.45, 2.75) is 25.8 Å². The van der Waals surface area contributed by atoms with E-state index in [9.17, 15) is 19.5 Å². The van der Waals surface area contributed by atoms with Crippen LogP contribution in [0, 0.1) is 0 Å². The third kappa shape index (κ3) is 4.58. The predicted molar refractivity (Wildman–Crippen MR) is 146 cm³/mol. The van der Waals surface area contributed by atoms with Gasteiger partial charge in [0.2, 0.25) is 0 Å². The van der Waals surface area contributed by atoms with Gasteiger partial charge in [0, 0.05) is 26.4 Å². The van der Waals surface area contributed by atoms with Crippen LogP contribution in [0.4, 0.5) is 0 Å². The van der Waals surface area contributed by atoms with Crippen LogP contribution in [0.1, 0.15) is 32.0 Å². The highest BCUT2D eigenvalue weighted by atomic mass is 79.9. The number of hydrogen-bond acceptors (Lipinski definition) is 7. The molecule has 9 nitrogen and oxygen atoms in total. The van der Waals surface area contributed by atoms with E-state index in [0.717, 1.165) is 4.47 Å². The number of ether oxygens (including phenoxy) is 1. The van der Waals surface area contributed by atoms with Crippen LogP contribution in [-0.4, -0.2) is 42.5 Å². The number of halogens is 1. The highest BCUT2D eigenvalue weighted by Gasteiger charge is 2.32. The summed E-state index contributed by atoms with van der Waals surface area (Å²) in [6.45, 7) is -0.0970. The first-order chi connectivity index (χ1) is 18.9. The van der Waals surface area contributed by atoms with Gasteiger partial charge in [0.1, 0.15) is 12.3 Å². The number of benzene rings is 3. The van der Waals surface area contributed by atoms with Crippen LogP contribution in [0.25, 0.3) is 22.0 Å². The van der Waals surface area contributed by atoms with Crippen molar-refractivity contribution in [1.82, 2.24) is 19.6 Å². The van der Waals surface area contributed by atoms with Crippen molar-refractivity contribution in [3.05, 3.63) is 116 Å². The molecule has 1 aliphatic carbocycles. The lowest BCUT2D eigenvalue weighted by atomic mass is 10.0. The van der Waals surface area contributed by atoms with Crippen LogP contribution < -0.4 is 5.56 Å². The Hall–Kier alpha value is -4.41. The minimum absolute atomic E-state index is 0.0390. The molecule has 0 saturated heterocycles. The van der Waals surface area contributed by atoms with Gasteiger partial charge >= 0.3 is 5.97 Å².